The molecule has 0 aromatic heterocycles. The van der Waals surface area contributed by atoms with Crippen molar-refractivity contribution in [3.05, 3.63) is 47.8 Å². The molecule has 2 rings (SSSR count). The summed E-state index contributed by atoms with van der Waals surface area (Å²) in [6, 6.07) is 6.89. The number of alkyl carbamates (subject to hydrolysis) is 1. The highest BCUT2D eigenvalue weighted by molar-refractivity contribution is 6.76. The van der Waals surface area contributed by atoms with Crippen molar-refractivity contribution in [3.8, 4) is 0 Å². The first-order chi connectivity index (χ1) is 18.5. The zero-order valence-corrected chi connectivity index (χ0v) is 24.7. The molecule has 8 nitrogen and oxygen atoms in total. The number of unbranched alkanes of at least 4 members (excludes halogenated alkanes) is 2. The van der Waals surface area contributed by atoms with Crippen LogP contribution in [0, 0.1) is 11.7 Å². The highest BCUT2D eigenvalue weighted by Crippen LogP contribution is 2.36. The van der Waals surface area contributed by atoms with E-state index < -0.39 is 31.7 Å². The molecule has 3 atom stereocenters. The summed E-state index contributed by atoms with van der Waals surface area (Å²) in [5, 5.41) is 14.0. The lowest BCUT2D eigenvalue weighted by molar-refractivity contribution is -0.140. The number of benzene rings is 1. The van der Waals surface area contributed by atoms with Crippen LogP contribution in [0.2, 0.25) is 25.7 Å². The van der Waals surface area contributed by atoms with Crippen LogP contribution < -0.4 is 5.32 Å². The zero-order chi connectivity index (χ0) is 28.9. The van der Waals surface area contributed by atoms with Crippen LogP contribution in [-0.4, -0.2) is 63.0 Å². The first-order valence-electron chi connectivity index (χ1n) is 13.7. The molecule has 218 valence electrons. The summed E-state index contributed by atoms with van der Waals surface area (Å²) in [7, 11) is -0.0532. The van der Waals surface area contributed by atoms with E-state index in [-0.39, 0.29) is 17.6 Å². The molecule has 10 heteroatoms. The Morgan fingerprint density at radius 1 is 1.10 bits per heavy atom. The predicted molar refractivity (Wildman–Crippen MR) is 149 cm³/mol. The van der Waals surface area contributed by atoms with Gasteiger partial charge in [0.05, 0.1) is 37.9 Å². The van der Waals surface area contributed by atoms with Gasteiger partial charge in [0.15, 0.2) is 5.78 Å². The summed E-state index contributed by atoms with van der Waals surface area (Å²) in [5.74, 6) is -1.68. The van der Waals surface area contributed by atoms with Gasteiger partial charge in [-0.1, -0.05) is 50.7 Å². The van der Waals surface area contributed by atoms with Gasteiger partial charge >= 0.3 is 12.1 Å². The van der Waals surface area contributed by atoms with E-state index in [9.17, 15) is 23.9 Å². The Morgan fingerprint density at radius 3 is 2.49 bits per heavy atom. The molecule has 1 aliphatic carbocycles. The van der Waals surface area contributed by atoms with E-state index in [1.807, 2.05) is 0 Å². The average molecular weight is 566 g/mol. The predicted octanol–water partition coefficient (Wildman–Crippen LogP) is 5.17. The lowest BCUT2D eigenvalue weighted by Crippen LogP contribution is -2.56. The molecule has 0 radical (unpaired) electrons. The molecule has 1 aromatic carbocycles. The normalized spacial score (nSPS) is 19.6. The standard InChI is InChI=1S/C29H44FNO7Si/c1-36-26(34)10-7-5-6-9-24(32)27-25(33)15-17-29(27,31-28(35)38-19-20-39(2,3)4)16-8-18-37-21-22-11-13-23(30)14-12-22/h11-15,17,24,27,32H,5-10,16,18-21H2,1-4H3,(H,31,35)/t24-,27?,29+/m0/s1. The first kappa shape index (κ1) is 32.6. The van der Waals surface area contributed by atoms with Crippen LogP contribution in [0.3, 0.4) is 0 Å². The van der Waals surface area contributed by atoms with E-state index in [2.05, 4.69) is 29.7 Å². The number of ketones is 1. The molecule has 1 unspecified atom stereocenters. The maximum Gasteiger partial charge on any atom is 0.407 e. The van der Waals surface area contributed by atoms with E-state index in [4.69, 9.17) is 9.47 Å². The van der Waals surface area contributed by atoms with E-state index in [0.717, 1.165) is 11.6 Å². The van der Waals surface area contributed by atoms with Gasteiger partial charge < -0.3 is 24.6 Å². The molecule has 0 spiro atoms. The number of nitrogens with one attached hydrogen (secondary N) is 1. The number of carbonyl (C=O) groups is 3. The van der Waals surface area contributed by atoms with Crippen molar-refractivity contribution < 1.29 is 38.1 Å². The summed E-state index contributed by atoms with van der Waals surface area (Å²) in [5.41, 5.74) is -0.260. The summed E-state index contributed by atoms with van der Waals surface area (Å²) in [6.07, 6.45) is 5.00. The Balaban J connectivity index is 2.01. The highest BCUT2D eigenvalue weighted by atomic mass is 28.3. The Bertz CT molecular complexity index is 963. The molecule has 0 fully saturated rings. The van der Waals surface area contributed by atoms with Crippen molar-refractivity contribution in [1.29, 1.82) is 0 Å². The third-order valence-electron chi connectivity index (χ3n) is 6.88. The molecular weight excluding hydrogens is 521 g/mol. The molecule has 1 amide bonds. The van der Waals surface area contributed by atoms with Crippen molar-refractivity contribution in [1.82, 2.24) is 5.32 Å². The maximum atomic E-state index is 13.1. The van der Waals surface area contributed by atoms with Gasteiger partial charge in [-0.15, -0.1) is 0 Å². The summed E-state index contributed by atoms with van der Waals surface area (Å²) < 4.78 is 29.0. The summed E-state index contributed by atoms with van der Waals surface area (Å²) in [4.78, 5) is 37.0. The number of hydrogen-bond acceptors (Lipinski definition) is 7. The van der Waals surface area contributed by atoms with Gasteiger partial charge in [0.2, 0.25) is 0 Å². The molecule has 2 N–H and O–H groups in total. The van der Waals surface area contributed by atoms with Crippen LogP contribution in [0.1, 0.15) is 50.5 Å². The van der Waals surface area contributed by atoms with Gasteiger partial charge in [-0.2, -0.15) is 0 Å². The number of carbonyl (C=O) groups excluding carboxylic acids is 3. The fourth-order valence-corrected chi connectivity index (χ4v) is 5.34. The van der Waals surface area contributed by atoms with Crippen LogP contribution >= 0.6 is 0 Å². The number of methoxy groups -OCH3 is 1. The SMILES string of the molecule is COC(=O)CCCCC[C@H](O)C1C(=O)C=C[C@@]1(CCCOCc1ccc(F)cc1)NC(=O)OCC[Si](C)(C)C. The number of amides is 1. The minimum absolute atomic E-state index is 0.244. The van der Waals surface area contributed by atoms with E-state index in [1.54, 1.807) is 18.2 Å². The van der Waals surface area contributed by atoms with Crippen molar-refractivity contribution in [2.24, 2.45) is 5.92 Å². The second kappa shape index (κ2) is 15.9. The second-order valence-electron chi connectivity index (χ2n) is 11.4. The topological polar surface area (TPSA) is 111 Å². The van der Waals surface area contributed by atoms with Gasteiger partial charge in [0.1, 0.15) is 5.82 Å². The fourth-order valence-electron chi connectivity index (χ4n) is 4.63. The molecule has 0 saturated heterocycles. The Labute approximate surface area is 232 Å². The molecule has 39 heavy (non-hydrogen) atoms. The summed E-state index contributed by atoms with van der Waals surface area (Å²) in [6.45, 7) is 7.53. The minimum Gasteiger partial charge on any atom is -0.469 e. The molecule has 0 saturated carbocycles. The van der Waals surface area contributed by atoms with Crippen LogP contribution in [-0.2, 0) is 30.4 Å². The van der Waals surface area contributed by atoms with Crippen molar-refractivity contribution >= 4 is 25.9 Å². The number of halogens is 1. The number of aliphatic hydroxyl groups excluding tert-OH is 1. The van der Waals surface area contributed by atoms with Gasteiger partial charge in [-0.3, -0.25) is 9.59 Å². The zero-order valence-electron chi connectivity index (χ0n) is 23.7. The van der Waals surface area contributed by atoms with Crippen molar-refractivity contribution in [2.75, 3.05) is 20.3 Å². The Hall–Kier alpha value is -2.56. The lowest BCUT2D eigenvalue weighted by Gasteiger charge is -2.37. The van der Waals surface area contributed by atoms with Crippen molar-refractivity contribution in [2.45, 2.75) is 88.9 Å². The molecule has 0 bridgehead atoms. The number of ether oxygens (including phenoxy) is 3. The Morgan fingerprint density at radius 2 is 1.82 bits per heavy atom. The molecule has 1 aliphatic rings. The largest absolute Gasteiger partial charge is 0.469 e. The number of aliphatic hydroxyl groups is 1. The van der Waals surface area contributed by atoms with Crippen LogP contribution in [0.5, 0.6) is 0 Å². The van der Waals surface area contributed by atoms with Gasteiger partial charge in [-0.25, -0.2) is 9.18 Å². The number of rotatable bonds is 17. The smallest absolute Gasteiger partial charge is 0.407 e. The maximum absolute atomic E-state index is 13.1. The quantitative estimate of drug-likeness (QED) is 0.152. The molecule has 0 heterocycles. The second-order valence-corrected chi connectivity index (χ2v) is 17.0. The third kappa shape index (κ3) is 11.6. The number of allylic oxidation sites excluding steroid dienone is 1. The minimum atomic E-state index is -1.40. The summed E-state index contributed by atoms with van der Waals surface area (Å²) >= 11 is 0. The molecule has 0 aliphatic heterocycles. The van der Waals surface area contributed by atoms with Gasteiger partial charge in [0.25, 0.3) is 0 Å². The van der Waals surface area contributed by atoms with E-state index >= 15 is 0 Å². The van der Waals surface area contributed by atoms with Crippen molar-refractivity contribution in [3.63, 3.8) is 0 Å². The molecular formula is C29H44FNO7Si. The highest BCUT2D eigenvalue weighted by Gasteiger charge is 2.48. The molecule has 1 aromatic rings. The fraction of sp³-hybridized carbons (Fsp3) is 0.621. The van der Waals surface area contributed by atoms with Crippen LogP contribution in [0.25, 0.3) is 0 Å². The third-order valence-corrected chi connectivity index (χ3v) is 8.58. The lowest BCUT2D eigenvalue weighted by atomic mass is 9.77. The first-order valence-corrected chi connectivity index (χ1v) is 17.4. The monoisotopic (exact) mass is 565 g/mol. The Kier molecular flexibility index (Phi) is 13.3. The number of hydrogen-bond donors (Lipinski definition) is 2. The van der Waals surface area contributed by atoms with Crippen LogP contribution in [0.4, 0.5) is 9.18 Å². The number of esters is 1. The van der Waals surface area contributed by atoms with E-state index in [0.29, 0.717) is 64.8 Å². The van der Waals surface area contributed by atoms with Gasteiger partial charge in [-0.05, 0) is 55.5 Å². The van der Waals surface area contributed by atoms with Crippen LogP contribution in [0.15, 0.2) is 36.4 Å². The van der Waals surface area contributed by atoms with E-state index in [1.165, 1.54) is 25.3 Å². The van der Waals surface area contributed by atoms with Gasteiger partial charge in [0, 0.05) is 21.1 Å². The average Bonchev–Trinajstić information content (AvgIpc) is 3.19.